The molecule has 0 aliphatic carbocycles. The number of benzene rings is 3. The number of thioether (sulfide) groups is 1. The Labute approximate surface area is 213 Å². The Morgan fingerprint density at radius 2 is 1.97 bits per heavy atom. The maximum atomic E-state index is 12.6. The van der Waals surface area contributed by atoms with Gasteiger partial charge in [-0.15, -0.1) is 0 Å². The van der Waals surface area contributed by atoms with Gasteiger partial charge in [0.05, 0.1) is 32.3 Å². The standard InChI is InChI=1S/C24H14BrCl2N3O2S/c25-17-8-9-20(32-13-15-5-2-1-4-14(15)12-28)16(10-17)11-21-23(31)30-24(33-21)29-19-7-3-6-18(26)22(19)27/h1-11H,13H2,(H,29,30,31)/b21-11+. The lowest BCUT2D eigenvalue weighted by Gasteiger charge is -2.11. The summed E-state index contributed by atoms with van der Waals surface area (Å²) in [7, 11) is 0. The molecule has 4 rings (SSSR count). The van der Waals surface area contributed by atoms with Gasteiger partial charge in [0, 0.05) is 15.6 Å². The molecule has 1 heterocycles. The summed E-state index contributed by atoms with van der Waals surface area (Å²) in [4.78, 5) is 17.4. The predicted molar refractivity (Wildman–Crippen MR) is 137 cm³/mol. The molecule has 3 aromatic carbocycles. The zero-order valence-electron chi connectivity index (χ0n) is 16.8. The molecule has 0 spiro atoms. The molecule has 0 unspecified atom stereocenters. The summed E-state index contributed by atoms with van der Waals surface area (Å²) in [6.07, 6.45) is 1.73. The zero-order valence-corrected chi connectivity index (χ0v) is 20.7. The molecule has 0 saturated carbocycles. The van der Waals surface area contributed by atoms with Crippen LogP contribution in [0.1, 0.15) is 16.7 Å². The van der Waals surface area contributed by atoms with Gasteiger partial charge in [0.1, 0.15) is 12.4 Å². The van der Waals surface area contributed by atoms with Gasteiger partial charge >= 0.3 is 0 Å². The molecule has 1 amide bonds. The largest absolute Gasteiger partial charge is 0.488 e. The number of amidine groups is 1. The first-order chi connectivity index (χ1) is 15.9. The summed E-state index contributed by atoms with van der Waals surface area (Å²) in [6.45, 7) is 0.223. The van der Waals surface area contributed by atoms with E-state index in [1.807, 2.05) is 36.4 Å². The Morgan fingerprint density at radius 1 is 1.15 bits per heavy atom. The topological polar surface area (TPSA) is 74.5 Å². The second-order valence-electron chi connectivity index (χ2n) is 6.79. The molecule has 3 aromatic rings. The van der Waals surface area contributed by atoms with Gasteiger partial charge in [0.25, 0.3) is 5.91 Å². The number of hydrogen-bond donors (Lipinski definition) is 1. The average molecular weight is 559 g/mol. The van der Waals surface area contributed by atoms with Crippen molar-refractivity contribution in [2.24, 2.45) is 4.99 Å². The molecular weight excluding hydrogens is 545 g/mol. The monoisotopic (exact) mass is 557 g/mol. The number of aliphatic imine (C=N–C) groups is 1. The third-order valence-corrected chi connectivity index (χ3v) is 6.80. The molecule has 0 radical (unpaired) electrons. The number of carbonyl (C=O) groups is 1. The molecule has 1 aliphatic rings. The van der Waals surface area contributed by atoms with Crippen molar-refractivity contribution in [2.75, 3.05) is 0 Å². The lowest BCUT2D eigenvalue weighted by molar-refractivity contribution is -0.115. The summed E-state index contributed by atoms with van der Waals surface area (Å²) >= 11 is 16.9. The van der Waals surface area contributed by atoms with Crippen LogP contribution in [-0.2, 0) is 11.4 Å². The fourth-order valence-electron chi connectivity index (χ4n) is 2.98. The lowest BCUT2D eigenvalue weighted by Crippen LogP contribution is -2.19. The van der Waals surface area contributed by atoms with Crippen molar-refractivity contribution in [1.82, 2.24) is 5.32 Å². The summed E-state index contributed by atoms with van der Waals surface area (Å²) < 4.78 is 6.83. The first-order valence-electron chi connectivity index (χ1n) is 9.58. The van der Waals surface area contributed by atoms with Gasteiger partial charge in [-0.3, -0.25) is 4.79 Å². The highest BCUT2D eigenvalue weighted by molar-refractivity contribution is 9.10. The molecule has 0 bridgehead atoms. The fourth-order valence-corrected chi connectivity index (χ4v) is 4.53. The molecular formula is C24H14BrCl2N3O2S. The molecule has 5 nitrogen and oxygen atoms in total. The number of nitrogens with zero attached hydrogens (tertiary/aromatic N) is 2. The molecule has 1 saturated heterocycles. The average Bonchev–Trinajstić information content (AvgIpc) is 3.15. The van der Waals surface area contributed by atoms with Crippen LogP contribution in [0.15, 0.2) is 75.0 Å². The highest BCUT2D eigenvalue weighted by atomic mass is 79.9. The van der Waals surface area contributed by atoms with Gasteiger partial charge in [-0.2, -0.15) is 5.26 Å². The van der Waals surface area contributed by atoms with Gasteiger partial charge in [0.2, 0.25) is 0 Å². The number of carbonyl (C=O) groups excluding carboxylic acids is 1. The minimum atomic E-state index is -0.280. The SMILES string of the molecule is N#Cc1ccccc1COc1ccc(Br)cc1/C=C1/SC(=Nc2cccc(Cl)c2Cl)NC1=O. The number of ether oxygens (including phenoxy) is 1. The molecule has 9 heteroatoms. The van der Waals surface area contributed by atoms with E-state index in [0.29, 0.717) is 42.7 Å². The van der Waals surface area contributed by atoms with Crippen molar-refractivity contribution < 1.29 is 9.53 Å². The van der Waals surface area contributed by atoms with Crippen molar-refractivity contribution in [1.29, 1.82) is 5.26 Å². The van der Waals surface area contributed by atoms with Gasteiger partial charge in [-0.1, -0.05) is 63.4 Å². The third kappa shape index (κ3) is 5.60. The van der Waals surface area contributed by atoms with Crippen molar-refractivity contribution in [3.8, 4) is 11.8 Å². The summed E-state index contributed by atoms with van der Waals surface area (Å²) in [6, 6.07) is 20.1. The van der Waals surface area contributed by atoms with Crippen LogP contribution in [0.4, 0.5) is 5.69 Å². The molecule has 1 aliphatic heterocycles. The van der Waals surface area contributed by atoms with E-state index in [1.165, 1.54) is 11.8 Å². The first-order valence-corrected chi connectivity index (χ1v) is 11.9. The highest BCUT2D eigenvalue weighted by Gasteiger charge is 2.25. The van der Waals surface area contributed by atoms with E-state index >= 15 is 0 Å². The zero-order chi connectivity index (χ0) is 23.4. The van der Waals surface area contributed by atoms with Crippen molar-refractivity contribution in [2.45, 2.75) is 6.61 Å². The van der Waals surface area contributed by atoms with Gasteiger partial charge < -0.3 is 10.1 Å². The normalized spacial score (nSPS) is 15.5. The van der Waals surface area contributed by atoms with E-state index in [2.05, 4.69) is 32.3 Å². The first kappa shape index (κ1) is 23.4. The smallest absolute Gasteiger partial charge is 0.264 e. The maximum absolute atomic E-state index is 12.6. The molecule has 33 heavy (non-hydrogen) atoms. The maximum Gasteiger partial charge on any atom is 0.264 e. The summed E-state index contributed by atoms with van der Waals surface area (Å²) in [5.41, 5.74) is 2.51. The van der Waals surface area contributed by atoms with Crippen LogP contribution in [0.25, 0.3) is 6.08 Å². The number of nitriles is 1. The molecule has 0 aromatic heterocycles. The van der Waals surface area contributed by atoms with Crippen LogP contribution in [0.3, 0.4) is 0 Å². The Morgan fingerprint density at radius 3 is 2.79 bits per heavy atom. The number of rotatable bonds is 5. The van der Waals surface area contributed by atoms with Crippen LogP contribution >= 0.6 is 50.9 Å². The summed E-state index contributed by atoms with van der Waals surface area (Å²) in [5.74, 6) is 0.299. The van der Waals surface area contributed by atoms with Crippen LogP contribution in [0, 0.1) is 11.3 Å². The van der Waals surface area contributed by atoms with Gasteiger partial charge in [-0.05, 0) is 54.2 Å². The van der Waals surface area contributed by atoms with E-state index in [4.69, 9.17) is 27.9 Å². The van der Waals surface area contributed by atoms with Crippen molar-refractivity contribution >= 4 is 73.7 Å². The Bertz CT molecular complexity index is 1350. The van der Waals surface area contributed by atoms with Gasteiger partial charge in [0.15, 0.2) is 5.17 Å². The predicted octanol–water partition coefficient (Wildman–Crippen LogP) is 7.10. The third-order valence-electron chi connectivity index (χ3n) is 4.58. The highest BCUT2D eigenvalue weighted by Crippen LogP contribution is 2.35. The molecule has 0 atom stereocenters. The Balaban J connectivity index is 1.59. The Hall–Kier alpha value is -2.76. The summed E-state index contributed by atoms with van der Waals surface area (Å²) in [5, 5.41) is 13.1. The van der Waals surface area contributed by atoms with E-state index < -0.39 is 0 Å². The minimum Gasteiger partial charge on any atom is -0.488 e. The quantitative estimate of drug-likeness (QED) is 0.339. The van der Waals surface area contributed by atoms with Gasteiger partial charge in [-0.25, -0.2) is 4.99 Å². The van der Waals surface area contributed by atoms with Crippen molar-refractivity contribution in [3.63, 3.8) is 0 Å². The lowest BCUT2D eigenvalue weighted by atomic mass is 10.1. The molecule has 1 fully saturated rings. The van der Waals surface area contributed by atoms with E-state index in [9.17, 15) is 10.1 Å². The number of halogens is 3. The Kier molecular flexibility index (Phi) is 7.41. The second kappa shape index (κ2) is 10.4. The second-order valence-corrected chi connectivity index (χ2v) is 9.53. The fraction of sp³-hybridized carbons (Fsp3) is 0.0417. The number of nitrogens with one attached hydrogen (secondary N) is 1. The minimum absolute atomic E-state index is 0.223. The van der Waals surface area contributed by atoms with E-state index in [1.54, 1.807) is 30.3 Å². The van der Waals surface area contributed by atoms with Crippen molar-refractivity contribution in [3.05, 3.63) is 96.8 Å². The van der Waals surface area contributed by atoms with Crippen LogP contribution in [0.2, 0.25) is 10.0 Å². The molecule has 164 valence electrons. The van der Waals surface area contributed by atoms with Crippen LogP contribution in [0.5, 0.6) is 5.75 Å². The van der Waals surface area contributed by atoms with E-state index in [-0.39, 0.29) is 12.5 Å². The molecule has 1 N–H and O–H groups in total. The number of amides is 1. The van der Waals surface area contributed by atoms with Crippen LogP contribution < -0.4 is 10.1 Å². The van der Waals surface area contributed by atoms with E-state index in [0.717, 1.165) is 10.0 Å². The number of hydrogen-bond acceptors (Lipinski definition) is 5. The van der Waals surface area contributed by atoms with Crippen LogP contribution in [-0.4, -0.2) is 11.1 Å².